The molecule has 1 aliphatic carbocycles. The van der Waals surface area contributed by atoms with E-state index in [1.165, 1.54) is 17.6 Å². The molecule has 0 aliphatic heterocycles. The summed E-state index contributed by atoms with van der Waals surface area (Å²) in [6.07, 6.45) is -3.93. The number of rotatable bonds is 4. The minimum absolute atomic E-state index is 0.00792. The van der Waals surface area contributed by atoms with Crippen LogP contribution in [0.4, 0.5) is 13.2 Å². The Balaban J connectivity index is 2.07. The Hall–Kier alpha value is -2.00. The largest absolute Gasteiger partial charge is 0.493 e. The number of benzene rings is 1. The molecule has 1 fully saturated rings. The van der Waals surface area contributed by atoms with Crippen molar-refractivity contribution >= 4 is 23.5 Å². The second-order valence-corrected chi connectivity index (χ2v) is 6.46. The maximum absolute atomic E-state index is 12.3. The fourth-order valence-corrected chi connectivity index (χ4v) is 2.81. The Kier molecular flexibility index (Phi) is 6.71. The number of hydrogen-bond acceptors (Lipinski definition) is 5. The lowest BCUT2D eigenvalue weighted by Crippen LogP contribution is -2.47. The molecule has 2 rings (SSSR count). The minimum Gasteiger partial charge on any atom is -0.480 e. The van der Waals surface area contributed by atoms with Crippen molar-refractivity contribution in [2.75, 3.05) is 0 Å². The van der Waals surface area contributed by atoms with Crippen LogP contribution in [0.2, 0.25) is 5.02 Å². The van der Waals surface area contributed by atoms with E-state index in [1.54, 1.807) is 12.1 Å². The lowest BCUT2D eigenvalue weighted by molar-refractivity contribution is -0.208. The van der Waals surface area contributed by atoms with Gasteiger partial charge in [-0.1, -0.05) is 11.6 Å². The quantitative estimate of drug-likeness (QED) is 0.766. The first-order valence-corrected chi connectivity index (χ1v) is 8.30. The molecule has 3 N–H and O–H groups in total. The molecule has 0 bridgehead atoms. The van der Waals surface area contributed by atoms with Gasteiger partial charge in [0.05, 0.1) is 0 Å². The van der Waals surface area contributed by atoms with Gasteiger partial charge in [0, 0.05) is 17.0 Å². The number of carbonyl (C=O) groups excluding carboxylic acids is 2. The predicted molar refractivity (Wildman–Crippen MR) is 86.1 cm³/mol. The lowest BCUT2D eigenvalue weighted by atomic mass is 9.82. The van der Waals surface area contributed by atoms with Crippen molar-refractivity contribution in [1.82, 2.24) is 5.48 Å². The van der Waals surface area contributed by atoms with Crippen molar-refractivity contribution in [2.24, 2.45) is 11.7 Å². The SMILES string of the molecule is NC1CCC(C(Oc2ccc(Cl)cc2)C(=O)NOC(=O)C(F)(F)F)CC1. The second kappa shape index (κ2) is 8.59. The molecule has 10 heteroatoms. The van der Waals surface area contributed by atoms with Gasteiger partial charge < -0.3 is 15.3 Å². The van der Waals surface area contributed by atoms with Crippen LogP contribution >= 0.6 is 11.6 Å². The van der Waals surface area contributed by atoms with Crippen molar-refractivity contribution in [2.45, 2.75) is 44.0 Å². The van der Waals surface area contributed by atoms with Crippen molar-refractivity contribution in [3.05, 3.63) is 29.3 Å². The Morgan fingerprint density at radius 1 is 1.15 bits per heavy atom. The number of alkyl halides is 3. The summed E-state index contributed by atoms with van der Waals surface area (Å²) in [5.74, 6) is -3.46. The summed E-state index contributed by atoms with van der Waals surface area (Å²) in [6.45, 7) is 0. The van der Waals surface area contributed by atoms with Gasteiger partial charge in [-0.25, -0.2) is 4.79 Å². The molecule has 1 amide bonds. The number of nitrogens with two attached hydrogens (primary N) is 1. The average molecular weight is 395 g/mol. The number of carbonyl (C=O) groups is 2. The molecule has 1 aromatic rings. The van der Waals surface area contributed by atoms with E-state index in [0.717, 1.165) is 0 Å². The molecule has 1 unspecified atom stereocenters. The van der Waals surface area contributed by atoms with Gasteiger partial charge in [-0.3, -0.25) is 4.79 Å². The van der Waals surface area contributed by atoms with E-state index < -0.39 is 24.2 Å². The summed E-state index contributed by atoms with van der Waals surface area (Å²) in [6, 6.07) is 6.16. The highest BCUT2D eigenvalue weighted by Crippen LogP contribution is 2.29. The van der Waals surface area contributed by atoms with E-state index in [4.69, 9.17) is 22.1 Å². The van der Waals surface area contributed by atoms with Crippen molar-refractivity contribution in [3.8, 4) is 5.75 Å². The molecular weight excluding hydrogens is 377 g/mol. The summed E-state index contributed by atoms with van der Waals surface area (Å²) in [5.41, 5.74) is 7.38. The zero-order valence-corrected chi connectivity index (χ0v) is 14.3. The maximum atomic E-state index is 12.3. The van der Waals surface area contributed by atoms with Gasteiger partial charge in [-0.2, -0.15) is 18.7 Å². The minimum atomic E-state index is -5.21. The summed E-state index contributed by atoms with van der Waals surface area (Å²) in [5, 5.41) is 0.459. The van der Waals surface area contributed by atoms with Crippen molar-refractivity contribution < 1.29 is 32.3 Å². The predicted octanol–water partition coefficient (Wildman–Crippen LogP) is 2.74. The first-order valence-electron chi connectivity index (χ1n) is 7.92. The van der Waals surface area contributed by atoms with Crippen LogP contribution in [0.15, 0.2) is 24.3 Å². The fourth-order valence-electron chi connectivity index (χ4n) is 2.68. The summed E-state index contributed by atoms with van der Waals surface area (Å²) < 4.78 is 42.2. The average Bonchev–Trinajstić information content (AvgIpc) is 2.59. The number of hydroxylamine groups is 1. The fraction of sp³-hybridized carbons (Fsp3) is 0.500. The van der Waals surface area contributed by atoms with Crippen LogP contribution in [0.1, 0.15) is 25.7 Å². The highest BCUT2D eigenvalue weighted by atomic mass is 35.5. The molecule has 6 nitrogen and oxygen atoms in total. The molecule has 0 radical (unpaired) electrons. The highest BCUT2D eigenvalue weighted by Gasteiger charge is 2.43. The van der Waals surface area contributed by atoms with Crippen molar-refractivity contribution in [1.29, 1.82) is 0 Å². The highest BCUT2D eigenvalue weighted by molar-refractivity contribution is 6.30. The third kappa shape index (κ3) is 5.77. The molecule has 1 atom stereocenters. The summed E-state index contributed by atoms with van der Waals surface area (Å²) in [7, 11) is 0. The maximum Gasteiger partial charge on any atom is 0.493 e. The van der Waals surface area contributed by atoms with Crippen molar-refractivity contribution in [3.63, 3.8) is 0 Å². The molecule has 0 spiro atoms. The third-order valence-electron chi connectivity index (χ3n) is 4.06. The molecule has 1 aliphatic rings. The Labute approximate surface area is 152 Å². The number of hydrogen-bond donors (Lipinski definition) is 2. The van der Waals surface area contributed by atoms with E-state index in [2.05, 4.69) is 4.84 Å². The molecule has 1 aromatic carbocycles. The molecule has 0 saturated heterocycles. The smallest absolute Gasteiger partial charge is 0.480 e. The lowest BCUT2D eigenvalue weighted by Gasteiger charge is -2.31. The van der Waals surface area contributed by atoms with Gasteiger partial charge in [-0.15, -0.1) is 0 Å². The van der Waals surface area contributed by atoms with Crippen LogP contribution in [0.25, 0.3) is 0 Å². The van der Waals surface area contributed by atoms with Crippen LogP contribution in [0.3, 0.4) is 0 Å². The first-order chi connectivity index (χ1) is 12.2. The first kappa shape index (κ1) is 20.3. The Morgan fingerprint density at radius 3 is 2.27 bits per heavy atom. The number of ether oxygens (including phenoxy) is 1. The van der Waals surface area contributed by atoms with E-state index in [0.29, 0.717) is 36.5 Å². The second-order valence-electron chi connectivity index (χ2n) is 6.02. The molecule has 0 heterocycles. The third-order valence-corrected chi connectivity index (χ3v) is 4.31. The number of halogens is 4. The molecule has 26 heavy (non-hydrogen) atoms. The Bertz CT molecular complexity index is 631. The van der Waals surface area contributed by atoms with E-state index in [9.17, 15) is 22.8 Å². The van der Waals surface area contributed by atoms with E-state index >= 15 is 0 Å². The number of amides is 1. The van der Waals surface area contributed by atoms with E-state index in [-0.39, 0.29) is 12.0 Å². The standard InChI is InChI=1S/C16H18ClF3N2O4/c17-10-3-7-12(8-4-10)25-13(9-1-5-11(21)6-2-9)14(23)22-26-15(24)16(18,19)20/h3-4,7-9,11,13H,1-2,5-6,21H2,(H,22,23). The molecule has 1 saturated carbocycles. The van der Waals surface area contributed by atoms with Crippen LogP contribution in [-0.4, -0.2) is 30.2 Å². The molecular formula is C16H18ClF3N2O4. The summed E-state index contributed by atoms with van der Waals surface area (Å²) in [4.78, 5) is 26.9. The van der Waals surface area contributed by atoms with E-state index in [1.807, 2.05) is 0 Å². The van der Waals surface area contributed by atoms with Gasteiger partial charge >= 0.3 is 12.1 Å². The van der Waals surface area contributed by atoms with Gasteiger partial charge in [-0.05, 0) is 49.9 Å². The Morgan fingerprint density at radius 2 is 1.73 bits per heavy atom. The van der Waals surface area contributed by atoms with Crippen LogP contribution in [0, 0.1) is 5.92 Å². The van der Waals surface area contributed by atoms with Crippen LogP contribution < -0.4 is 16.0 Å². The molecule has 144 valence electrons. The van der Waals surface area contributed by atoms with Gasteiger partial charge in [0.15, 0.2) is 6.10 Å². The van der Waals surface area contributed by atoms with Gasteiger partial charge in [0.1, 0.15) is 5.75 Å². The number of nitrogens with one attached hydrogen (secondary N) is 1. The normalized spacial score (nSPS) is 21.6. The van der Waals surface area contributed by atoms with Gasteiger partial charge in [0.25, 0.3) is 5.91 Å². The summed E-state index contributed by atoms with van der Waals surface area (Å²) >= 11 is 5.79. The monoisotopic (exact) mass is 394 g/mol. The molecule has 0 aromatic heterocycles. The van der Waals surface area contributed by atoms with Crippen LogP contribution in [-0.2, 0) is 14.4 Å². The topological polar surface area (TPSA) is 90.7 Å². The van der Waals surface area contributed by atoms with Crippen LogP contribution in [0.5, 0.6) is 5.75 Å². The zero-order valence-electron chi connectivity index (χ0n) is 13.6. The zero-order chi connectivity index (χ0) is 19.3. The van der Waals surface area contributed by atoms with Gasteiger partial charge in [0.2, 0.25) is 0 Å².